The maximum absolute atomic E-state index is 11.9. The van der Waals surface area contributed by atoms with Crippen molar-refractivity contribution in [1.82, 2.24) is 4.90 Å². The minimum atomic E-state index is -0.479. The van der Waals surface area contributed by atoms with Gasteiger partial charge in [0.05, 0.1) is 24.9 Å². The van der Waals surface area contributed by atoms with E-state index in [0.717, 1.165) is 35.1 Å². The van der Waals surface area contributed by atoms with Crippen LogP contribution in [-0.4, -0.2) is 45.9 Å². The number of aliphatic hydroxyl groups excluding tert-OH is 2. The fourth-order valence-electron chi connectivity index (χ4n) is 4.32. The molecule has 2 aromatic carbocycles. The molecule has 1 aliphatic carbocycles. The van der Waals surface area contributed by atoms with E-state index in [2.05, 4.69) is 24.3 Å². The minimum Gasteiger partial charge on any atom is -0.394 e. The average Bonchev–Trinajstić information content (AvgIpc) is 3.59. The molecule has 2 N–H and O–H groups in total. The molecule has 1 aliphatic heterocycles. The van der Waals surface area contributed by atoms with E-state index in [1.165, 1.54) is 0 Å². The van der Waals surface area contributed by atoms with Crippen LogP contribution in [-0.2, 0) is 22.5 Å². The fraction of sp³-hybridized carbons (Fsp3) is 0.480. The molecule has 166 valence electrons. The van der Waals surface area contributed by atoms with Crippen LogP contribution in [0.3, 0.4) is 0 Å². The van der Waals surface area contributed by atoms with E-state index in [0.29, 0.717) is 36.9 Å². The Morgan fingerprint density at radius 1 is 1.13 bits per heavy atom. The lowest BCUT2D eigenvalue weighted by atomic mass is 9.94. The van der Waals surface area contributed by atoms with Gasteiger partial charge in [-0.2, -0.15) is 0 Å². The van der Waals surface area contributed by atoms with Crippen LogP contribution in [0.5, 0.6) is 0 Å². The lowest BCUT2D eigenvalue weighted by molar-refractivity contribution is -0.130. The summed E-state index contributed by atoms with van der Waals surface area (Å²) in [7, 11) is 0. The van der Waals surface area contributed by atoms with Crippen molar-refractivity contribution in [1.29, 1.82) is 0 Å². The number of halogens is 1. The topological polar surface area (TPSA) is 70.0 Å². The summed E-state index contributed by atoms with van der Waals surface area (Å²) in [4.78, 5) is 13.8. The molecule has 4 rings (SSSR count). The van der Waals surface area contributed by atoms with E-state index in [1.807, 2.05) is 23.1 Å². The predicted molar refractivity (Wildman–Crippen MR) is 120 cm³/mol. The van der Waals surface area contributed by atoms with E-state index in [1.54, 1.807) is 6.92 Å². The van der Waals surface area contributed by atoms with Crippen molar-refractivity contribution in [2.75, 3.05) is 6.61 Å². The number of hydrogen-bond donors (Lipinski definition) is 2. The van der Waals surface area contributed by atoms with Crippen molar-refractivity contribution >= 4 is 17.5 Å². The number of carbonyl (C=O) groups is 1. The van der Waals surface area contributed by atoms with Gasteiger partial charge in [-0.15, -0.1) is 0 Å². The first-order valence-electron chi connectivity index (χ1n) is 11.0. The van der Waals surface area contributed by atoms with E-state index in [-0.39, 0.29) is 24.7 Å². The molecule has 31 heavy (non-hydrogen) atoms. The number of ether oxygens (including phenoxy) is 1. The van der Waals surface area contributed by atoms with Gasteiger partial charge < -0.3 is 19.8 Å². The van der Waals surface area contributed by atoms with Crippen LogP contribution in [0.2, 0.25) is 5.02 Å². The van der Waals surface area contributed by atoms with Crippen molar-refractivity contribution in [3.05, 3.63) is 69.7 Å². The zero-order chi connectivity index (χ0) is 22.0. The highest BCUT2D eigenvalue weighted by Crippen LogP contribution is 2.34. The highest BCUT2D eigenvalue weighted by Gasteiger charge is 2.31. The van der Waals surface area contributed by atoms with Gasteiger partial charge in [0.2, 0.25) is 5.91 Å². The number of aliphatic hydroxyl groups is 2. The molecule has 3 atom stereocenters. The van der Waals surface area contributed by atoms with E-state index in [4.69, 9.17) is 16.3 Å². The number of amides is 1. The van der Waals surface area contributed by atoms with Crippen molar-refractivity contribution in [2.24, 2.45) is 0 Å². The first-order chi connectivity index (χ1) is 14.9. The summed E-state index contributed by atoms with van der Waals surface area (Å²) in [6, 6.07) is 14.6. The van der Waals surface area contributed by atoms with Gasteiger partial charge >= 0.3 is 0 Å². The zero-order valence-electron chi connectivity index (χ0n) is 17.8. The first kappa shape index (κ1) is 22.3. The van der Waals surface area contributed by atoms with E-state index in [9.17, 15) is 15.0 Å². The van der Waals surface area contributed by atoms with Crippen LogP contribution < -0.4 is 0 Å². The van der Waals surface area contributed by atoms with Gasteiger partial charge in [0.25, 0.3) is 0 Å². The second kappa shape index (κ2) is 9.70. The summed E-state index contributed by atoms with van der Waals surface area (Å²) in [6.45, 7) is 2.20. The first-order valence-corrected chi connectivity index (χ1v) is 11.4. The van der Waals surface area contributed by atoms with Crippen molar-refractivity contribution in [3.8, 4) is 0 Å². The van der Waals surface area contributed by atoms with Crippen LogP contribution in [0, 0.1) is 0 Å². The van der Waals surface area contributed by atoms with Crippen LogP contribution in [0.4, 0.5) is 0 Å². The van der Waals surface area contributed by atoms with Crippen LogP contribution in [0.15, 0.2) is 42.5 Å². The summed E-state index contributed by atoms with van der Waals surface area (Å²) in [5.41, 5.74) is 4.24. The fourth-order valence-corrected chi connectivity index (χ4v) is 4.50. The second-order valence-electron chi connectivity index (χ2n) is 8.78. The molecule has 0 aromatic heterocycles. The molecular formula is C25H30ClNO4. The zero-order valence-corrected chi connectivity index (χ0v) is 18.6. The van der Waals surface area contributed by atoms with Gasteiger partial charge in [-0.05, 0) is 47.6 Å². The Kier molecular flexibility index (Phi) is 6.97. The molecular weight excluding hydrogens is 414 g/mol. The number of rotatable bonds is 7. The Balaban J connectivity index is 1.45. The maximum Gasteiger partial charge on any atom is 0.219 e. The number of carbonyl (C=O) groups excluding carboxylic acids is 1. The van der Waals surface area contributed by atoms with Gasteiger partial charge in [0, 0.05) is 37.4 Å². The third-order valence-corrected chi connectivity index (χ3v) is 6.55. The molecule has 2 fully saturated rings. The van der Waals surface area contributed by atoms with Gasteiger partial charge in [-0.3, -0.25) is 4.79 Å². The molecule has 0 bridgehead atoms. The van der Waals surface area contributed by atoms with E-state index >= 15 is 0 Å². The second-order valence-corrected chi connectivity index (χ2v) is 9.18. The molecule has 2 aromatic rings. The summed E-state index contributed by atoms with van der Waals surface area (Å²) in [6.07, 6.45) is 2.80. The Bertz CT molecular complexity index is 912. The number of hydrogen-bond acceptors (Lipinski definition) is 4. The molecule has 1 amide bonds. The lowest BCUT2D eigenvalue weighted by Gasteiger charge is -2.32. The van der Waals surface area contributed by atoms with Gasteiger partial charge in [-0.25, -0.2) is 0 Å². The monoisotopic (exact) mass is 443 g/mol. The quantitative estimate of drug-likeness (QED) is 0.678. The van der Waals surface area contributed by atoms with Gasteiger partial charge in [-0.1, -0.05) is 48.0 Å². The summed E-state index contributed by atoms with van der Waals surface area (Å²) in [5.74, 6) is 0.133. The van der Waals surface area contributed by atoms with Crippen molar-refractivity contribution < 1.29 is 19.7 Å². The summed E-state index contributed by atoms with van der Waals surface area (Å²) >= 11 is 6.47. The van der Waals surface area contributed by atoms with Crippen LogP contribution >= 0.6 is 11.6 Å². The Labute approximate surface area is 188 Å². The predicted octanol–water partition coefficient (Wildman–Crippen LogP) is 4.02. The molecule has 5 nitrogen and oxygen atoms in total. The average molecular weight is 444 g/mol. The highest BCUT2D eigenvalue weighted by molar-refractivity contribution is 6.31. The standard InChI is InChI=1S/C25H30ClNO4/c1-16(29)27(21-7-8-21)14-18-4-2-17(3-5-18)10-20-11-19(6-9-24(20)26)25-13-22(30)12-23(15-28)31-25/h2-6,9,11,21-23,25,28,30H,7-8,10,12-15H2,1H3. The molecule has 6 heteroatoms. The number of benzene rings is 2. The number of nitrogens with zero attached hydrogens (tertiary/aromatic N) is 1. The highest BCUT2D eigenvalue weighted by atomic mass is 35.5. The summed E-state index contributed by atoms with van der Waals surface area (Å²) < 4.78 is 5.95. The normalized spacial score (nSPS) is 23.5. The lowest BCUT2D eigenvalue weighted by Crippen LogP contribution is -2.33. The smallest absolute Gasteiger partial charge is 0.219 e. The molecule has 1 heterocycles. The molecule has 1 saturated carbocycles. The SMILES string of the molecule is CC(=O)N(Cc1ccc(Cc2cc(C3CC(O)CC(CO)O3)ccc2Cl)cc1)C1CC1. The van der Waals surface area contributed by atoms with Gasteiger partial charge in [0.15, 0.2) is 0 Å². The Morgan fingerprint density at radius 3 is 2.48 bits per heavy atom. The van der Waals surface area contributed by atoms with E-state index < -0.39 is 6.10 Å². The summed E-state index contributed by atoms with van der Waals surface area (Å²) in [5, 5.41) is 20.2. The van der Waals surface area contributed by atoms with Crippen LogP contribution in [0.25, 0.3) is 0 Å². The van der Waals surface area contributed by atoms with Crippen molar-refractivity contribution in [2.45, 2.75) is 69.9 Å². The largest absolute Gasteiger partial charge is 0.394 e. The molecule has 2 aliphatic rings. The van der Waals surface area contributed by atoms with Crippen LogP contribution in [0.1, 0.15) is 61.0 Å². The Hall–Kier alpha value is -1.92. The molecule has 3 unspecified atom stereocenters. The molecule has 0 radical (unpaired) electrons. The molecule has 1 saturated heterocycles. The minimum absolute atomic E-state index is 0.0951. The Morgan fingerprint density at radius 2 is 1.84 bits per heavy atom. The maximum atomic E-state index is 11.9. The third kappa shape index (κ3) is 5.66. The van der Waals surface area contributed by atoms with Crippen molar-refractivity contribution in [3.63, 3.8) is 0 Å². The van der Waals surface area contributed by atoms with Gasteiger partial charge in [0.1, 0.15) is 0 Å². The third-order valence-electron chi connectivity index (χ3n) is 6.19. The molecule has 0 spiro atoms.